The maximum atomic E-state index is 12.2. The summed E-state index contributed by atoms with van der Waals surface area (Å²) in [5.74, 6) is 1.57. The number of likely N-dealkylation sites (tertiary alicyclic amines) is 1. The summed E-state index contributed by atoms with van der Waals surface area (Å²) in [5, 5.41) is 0. The molecule has 1 aliphatic rings. The van der Waals surface area contributed by atoms with Crippen LogP contribution in [0.4, 0.5) is 0 Å². The van der Waals surface area contributed by atoms with Gasteiger partial charge in [0.1, 0.15) is 5.75 Å². The normalized spacial score (nSPS) is 19.0. The van der Waals surface area contributed by atoms with Crippen LogP contribution in [0.2, 0.25) is 0 Å². The number of amides is 1. The van der Waals surface area contributed by atoms with Crippen LogP contribution in [0.25, 0.3) is 0 Å². The molecule has 20 heavy (non-hydrogen) atoms. The predicted molar refractivity (Wildman–Crippen MR) is 81.1 cm³/mol. The van der Waals surface area contributed by atoms with Crippen LogP contribution in [0.1, 0.15) is 36.5 Å². The Labute approximate surface area is 121 Å². The van der Waals surface area contributed by atoms with Gasteiger partial charge in [0.2, 0.25) is 0 Å². The molecule has 0 spiro atoms. The Hall–Kier alpha value is -1.51. The number of piperidine rings is 1. The van der Waals surface area contributed by atoms with Gasteiger partial charge in [-0.25, -0.2) is 0 Å². The molecule has 1 heterocycles. The van der Waals surface area contributed by atoms with Crippen LogP contribution in [-0.2, 0) is 4.79 Å². The van der Waals surface area contributed by atoms with Gasteiger partial charge in [0.15, 0.2) is 6.61 Å². The lowest BCUT2D eigenvalue weighted by Crippen LogP contribution is -2.41. The fourth-order valence-electron chi connectivity index (χ4n) is 3.04. The average Bonchev–Trinajstić information content (AvgIpc) is 2.37. The van der Waals surface area contributed by atoms with Crippen LogP contribution in [0.5, 0.6) is 5.75 Å². The second-order valence-electron chi connectivity index (χ2n) is 6.10. The number of carbonyl (C=O) groups excluding carboxylic acids is 1. The highest BCUT2D eigenvalue weighted by atomic mass is 16.5. The zero-order chi connectivity index (χ0) is 14.7. The van der Waals surface area contributed by atoms with E-state index in [-0.39, 0.29) is 12.5 Å². The summed E-state index contributed by atoms with van der Waals surface area (Å²) in [6.45, 7) is 10.2. The van der Waals surface area contributed by atoms with Gasteiger partial charge >= 0.3 is 0 Å². The Morgan fingerprint density at radius 2 is 1.95 bits per heavy atom. The van der Waals surface area contributed by atoms with Crippen molar-refractivity contribution in [3.8, 4) is 5.75 Å². The molecule has 0 saturated carbocycles. The minimum absolute atomic E-state index is 0.107. The van der Waals surface area contributed by atoms with Crippen molar-refractivity contribution in [3.63, 3.8) is 0 Å². The smallest absolute Gasteiger partial charge is 0.260 e. The molecule has 2 rings (SSSR count). The first-order chi connectivity index (χ1) is 9.47. The molecule has 110 valence electrons. The van der Waals surface area contributed by atoms with Gasteiger partial charge in [0, 0.05) is 13.1 Å². The molecule has 0 N–H and O–H groups in total. The second-order valence-corrected chi connectivity index (χ2v) is 6.10. The number of aryl methyl sites for hydroxylation is 3. The highest BCUT2D eigenvalue weighted by Crippen LogP contribution is 2.24. The van der Waals surface area contributed by atoms with E-state index in [0.717, 1.165) is 36.4 Å². The van der Waals surface area contributed by atoms with Crippen molar-refractivity contribution in [1.29, 1.82) is 0 Å². The zero-order valence-corrected chi connectivity index (χ0v) is 13.0. The maximum absolute atomic E-state index is 12.2. The number of ether oxygens (including phenoxy) is 1. The molecular weight excluding hydrogens is 250 g/mol. The topological polar surface area (TPSA) is 29.5 Å². The van der Waals surface area contributed by atoms with E-state index in [9.17, 15) is 4.79 Å². The molecule has 1 amide bonds. The molecule has 0 radical (unpaired) electrons. The van der Waals surface area contributed by atoms with Crippen molar-refractivity contribution in [1.82, 2.24) is 4.90 Å². The molecule has 0 aliphatic carbocycles. The molecule has 3 heteroatoms. The summed E-state index contributed by atoms with van der Waals surface area (Å²) in [5.41, 5.74) is 3.42. The molecule has 1 unspecified atom stereocenters. The highest BCUT2D eigenvalue weighted by molar-refractivity contribution is 5.78. The Balaban J connectivity index is 1.96. The SMILES string of the molecule is Cc1cc(C)c(OCC(=O)N2CCCC(C)C2)c(C)c1. The lowest BCUT2D eigenvalue weighted by Gasteiger charge is -2.31. The van der Waals surface area contributed by atoms with Gasteiger partial charge in [0.25, 0.3) is 5.91 Å². The van der Waals surface area contributed by atoms with Gasteiger partial charge in [-0.05, 0) is 50.7 Å². The van der Waals surface area contributed by atoms with Gasteiger partial charge < -0.3 is 9.64 Å². The molecular formula is C17H25NO2. The average molecular weight is 275 g/mol. The molecule has 1 fully saturated rings. The Morgan fingerprint density at radius 1 is 1.30 bits per heavy atom. The summed E-state index contributed by atoms with van der Waals surface area (Å²) in [7, 11) is 0. The minimum atomic E-state index is 0.107. The van der Waals surface area contributed by atoms with E-state index in [1.54, 1.807) is 0 Å². The van der Waals surface area contributed by atoms with Crippen LogP contribution in [0.3, 0.4) is 0 Å². The summed E-state index contributed by atoms with van der Waals surface area (Å²) in [6, 6.07) is 4.19. The van der Waals surface area contributed by atoms with Gasteiger partial charge in [-0.1, -0.05) is 24.6 Å². The van der Waals surface area contributed by atoms with Gasteiger partial charge in [0.05, 0.1) is 0 Å². The van der Waals surface area contributed by atoms with Crippen LogP contribution in [0, 0.1) is 26.7 Å². The summed E-state index contributed by atoms with van der Waals surface area (Å²) >= 11 is 0. The molecule has 0 bridgehead atoms. The molecule has 0 aromatic heterocycles. The van der Waals surface area contributed by atoms with E-state index in [1.165, 1.54) is 12.0 Å². The highest BCUT2D eigenvalue weighted by Gasteiger charge is 2.21. The van der Waals surface area contributed by atoms with Crippen LogP contribution < -0.4 is 4.74 Å². The van der Waals surface area contributed by atoms with E-state index in [1.807, 2.05) is 18.7 Å². The minimum Gasteiger partial charge on any atom is -0.483 e. The number of hydrogen-bond acceptors (Lipinski definition) is 2. The molecule has 1 aromatic rings. The van der Waals surface area contributed by atoms with Crippen LogP contribution >= 0.6 is 0 Å². The third-order valence-corrected chi connectivity index (χ3v) is 3.95. The van der Waals surface area contributed by atoms with Crippen molar-refractivity contribution < 1.29 is 9.53 Å². The number of nitrogens with zero attached hydrogens (tertiary/aromatic N) is 1. The largest absolute Gasteiger partial charge is 0.483 e. The fourth-order valence-corrected chi connectivity index (χ4v) is 3.04. The first-order valence-electron chi connectivity index (χ1n) is 7.46. The monoisotopic (exact) mass is 275 g/mol. The molecule has 1 aliphatic heterocycles. The Bertz CT molecular complexity index is 473. The number of benzene rings is 1. The predicted octanol–water partition coefficient (Wildman–Crippen LogP) is 3.25. The standard InChI is InChI=1S/C17H25NO2/c1-12-6-5-7-18(10-12)16(19)11-20-17-14(3)8-13(2)9-15(17)4/h8-9,12H,5-7,10-11H2,1-4H3. The van der Waals surface area contributed by atoms with E-state index in [2.05, 4.69) is 26.0 Å². The summed E-state index contributed by atoms with van der Waals surface area (Å²) in [6.07, 6.45) is 2.33. The van der Waals surface area contributed by atoms with Crippen molar-refractivity contribution in [2.45, 2.75) is 40.5 Å². The van der Waals surface area contributed by atoms with Crippen LogP contribution in [-0.4, -0.2) is 30.5 Å². The second kappa shape index (κ2) is 6.29. The quantitative estimate of drug-likeness (QED) is 0.847. The van der Waals surface area contributed by atoms with E-state index < -0.39 is 0 Å². The lowest BCUT2D eigenvalue weighted by molar-refractivity contribution is -0.135. The molecule has 1 aromatic carbocycles. The first-order valence-corrected chi connectivity index (χ1v) is 7.46. The zero-order valence-electron chi connectivity index (χ0n) is 13.0. The number of carbonyl (C=O) groups is 1. The number of rotatable bonds is 3. The fraction of sp³-hybridized carbons (Fsp3) is 0.588. The molecule has 1 atom stereocenters. The van der Waals surface area contributed by atoms with Crippen molar-refractivity contribution >= 4 is 5.91 Å². The van der Waals surface area contributed by atoms with Crippen molar-refractivity contribution in [3.05, 3.63) is 28.8 Å². The summed E-state index contributed by atoms with van der Waals surface area (Å²) < 4.78 is 5.78. The summed E-state index contributed by atoms with van der Waals surface area (Å²) in [4.78, 5) is 14.1. The van der Waals surface area contributed by atoms with E-state index in [4.69, 9.17) is 4.74 Å². The van der Waals surface area contributed by atoms with Crippen LogP contribution in [0.15, 0.2) is 12.1 Å². The van der Waals surface area contributed by atoms with Gasteiger partial charge in [-0.15, -0.1) is 0 Å². The lowest BCUT2D eigenvalue weighted by atomic mass is 10.0. The van der Waals surface area contributed by atoms with Crippen molar-refractivity contribution in [2.24, 2.45) is 5.92 Å². The third-order valence-electron chi connectivity index (χ3n) is 3.95. The van der Waals surface area contributed by atoms with Crippen molar-refractivity contribution in [2.75, 3.05) is 19.7 Å². The third kappa shape index (κ3) is 3.53. The Kier molecular flexibility index (Phi) is 4.69. The Morgan fingerprint density at radius 3 is 2.55 bits per heavy atom. The maximum Gasteiger partial charge on any atom is 0.260 e. The van der Waals surface area contributed by atoms with E-state index in [0.29, 0.717) is 5.92 Å². The number of hydrogen-bond donors (Lipinski definition) is 0. The molecule has 3 nitrogen and oxygen atoms in total. The van der Waals surface area contributed by atoms with E-state index >= 15 is 0 Å². The van der Waals surface area contributed by atoms with Gasteiger partial charge in [-0.3, -0.25) is 4.79 Å². The first kappa shape index (κ1) is 14.9. The van der Waals surface area contributed by atoms with Gasteiger partial charge in [-0.2, -0.15) is 0 Å². The molecule has 1 saturated heterocycles.